The van der Waals surface area contributed by atoms with E-state index in [1.165, 1.54) is 0 Å². The maximum atomic E-state index is 10.8. The Bertz CT molecular complexity index is 183. The number of nitrogens with one attached hydrogen (secondary N) is 1. The van der Waals surface area contributed by atoms with Gasteiger partial charge in [0.1, 0.15) is 6.40 Å². The fraction of sp³-hybridized carbons (Fsp3) is 0.667. The molecule has 1 heterocycles. The molecule has 5 heteroatoms. The quantitative estimate of drug-likeness (QED) is 0.250. The summed E-state index contributed by atoms with van der Waals surface area (Å²) >= 11 is 0. The molecule has 11 heavy (non-hydrogen) atoms. The number of amides is 1. The van der Waals surface area contributed by atoms with Crippen LogP contribution in [0.5, 0.6) is 0 Å². The van der Waals surface area contributed by atoms with Gasteiger partial charge < -0.3 is 9.97 Å². The summed E-state index contributed by atoms with van der Waals surface area (Å²) in [5, 5.41) is 2.70. The largest absolute Gasteiger partial charge is 0.560 e. The summed E-state index contributed by atoms with van der Waals surface area (Å²) in [6, 6.07) is 0.220. The number of carbonyl (C=O) groups excluding carboxylic acids is 1. The molecule has 0 aromatic rings. The van der Waals surface area contributed by atoms with Gasteiger partial charge in [-0.15, -0.1) is 0 Å². The molecule has 1 saturated heterocycles. The van der Waals surface area contributed by atoms with Crippen molar-refractivity contribution in [1.29, 1.82) is 0 Å². The molecule has 1 aliphatic heterocycles. The Hall–Kier alpha value is -0.995. The van der Waals surface area contributed by atoms with Gasteiger partial charge in [0.05, 0.1) is 12.5 Å². The van der Waals surface area contributed by atoms with Crippen LogP contribution in [0.3, 0.4) is 0 Å². The number of nitrogens with zero attached hydrogens (tertiary/aromatic N) is 1. The highest BCUT2D eigenvalue weighted by Gasteiger charge is 2.34. The molecule has 0 spiro atoms. The highest BCUT2D eigenvalue weighted by molar-refractivity contribution is 6.02. The van der Waals surface area contributed by atoms with Crippen LogP contribution in [0.25, 0.3) is 0 Å². The van der Waals surface area contributed by atoms with Crippen LogP contribution in [0.15, 0.2) is 4.99 Å². The van der Waals surface area contributed by atoms with E-state index in [4.69, 9.17) is 8.05 Å². The minimum Gasteiger partial charge on any atom is -0.560 e. The van der Waals surface area contributed by atoms with Crippen molar-refractivity contribution in [3.05, 3.63) is 0 Å². The Morgan fingerprint density at radius 3 is 3.09 bits per heavy atom. The van der Waals surface area contributed by atoms with E-state index in [0.717, 1.165) is 6.40 Å². The summed E-state index contributed by atoms with van der Waals surface area (Å²) in [5.74, 6) is 0.0353. The van der Waals surface area contributed by atoms with Crippen molar-refractivity contribution in [1.82, 2.24) is 5.32 Å². The van der Waals surface area contributed by atoms with Gasteiger partial charge in [-0.3, -0.25) is 9.79 Å². The molecule has 1 amide bonds. The van der Waals surface area contributed by atoms with Gasteiger partial charge in [-0.1, -0.05) is 0 Å². The molecular formula is C6H9BN2O2. The lowest BCUT2D eigenvalue weighted by Gasteiger charge is -2.32. The average molecular weight is 152 g/mol. The molecule has 4 nitrogen and oxygen atoms in total. The predicted molar refractivity (Wildman–Crippen MR) is 41.3 cm³/mol. The zero-order valence-electron chi connectivity index (χ0n) is 6.28. The van der Waals surface area contributed by atoms with Crippen LogP contribution in [-0.4, -0.2) is 32.9 Å². The molecule has 0 aromatic heterocycles. The summed E-state index contributed by atoms with van der Waals surface area (Å²) in [6.07, 6.45) is 1.14. The normalized spacial score (nSPS) is 29.7. The topological polar surface area (TPSA) is 50.7 Å². The van der Waals surface area contributed by atoms with E-state index < -0.39 is 0 Å². The van der Waals surface area contributed by atoms with Gasteiger partial charge in [0.2, 0.25) is 5.91 Å². The van der Waals surface area contributed by atoms with Crippen LogP contribution in [0.2, 0.25) is 0 Å². The molecule has 2 radical (unpaired) electrons. The van der Waals surface area contributed by atoms with Crippen molar-refractivity contribution in [2.24, 2.45) is 10.9 Å². The monoisotopic (exact) mass is 152 g/mol. The first kappa shape index (κ1) is 8.10. The molecule has 1 fully saturated rings. The first-order valence-electron chi connectivity index (χ1n) is 3.40. The summed E-state index contributed by atoms with van der Waals surface area (Å²) < 4.78 is 4.11. The molecule has 2 atom stereocenters. The second-order valence-electron chi connectivity index (χ2n) is 2.51. The zero-order chi connectivity index (χ0) is 8.27. The van der Waals surface area contributed by atoms with Gasteiger partial charge >= 0.3 is 8.05 Å². The van der Waals surface area contributed by atoms with E-state index in [0.29, 0.717) is 6.54 Å². The van der Waals surface area contributed by atoms with Crippen LogP contribution >= 0.6 is 0 Å². The van der Waals surface area contributed by atoms with Gasteiger partial charge in [0.15, 0.2) is 0 Å². The van der Waals surface area contributed by atoms with Crippen LogP contribution in [0.4, 0.5) is 0 Å². The number of hydrogen-bond donors (Lipinski definition) is 1. The molecule has 1 N–H and O–H groups in total. The van der Waals surface area contributed by atoms with Crippen LogP contribution in [0, 0.1) is 5.92 Å². The second kappa shape index (κ2) is 3.41. The maximum absolute atomic E-state index is 10.8. The number of carbonyl (C=O) groups is 1. The molecule has 1 rings (SSSR count). The predicted octanol–water partition coefficient (Wildman–Crippen LogP) is -0.751. The van der Waals surface area contributed by atoms with Gasteiger partial charge in [0.25, 0.3) is 0 Å². The van der Waals surface area contributed by atoms with E-state index in [9.17, 15) is 4.79 Å². The number of hydrogen-bond acceptors (Lipinski definition) is 3. The lowest BCUT2D eigenvalue weighted by molar-refractivity contribution is -0.133. The van der Waals surface area contributed by atoms with Gasteiger partial charge in [-0.05, 0) is 6.92 Å². The Morgan fingerprint density at radius 1 is 1.91 bits per heavy atom. The number of β-lactam (4-membered cyclic amide) rings is 1. The fourth-order valence-corrected chi connectivity index (χ4v) is 1.00. The highest BCUT2D eigenvalue weighted by atomic mass is 16.4. The zero-order valence-corrected chi connectivity index (χ0v) is 6.28. The smallest absolute Gasteiger partial charge is 0.375 e. The van der Waals surface area contributed by atoms with E-state index in [2.05, 4.69) is 15.0 Å². The average Bonchev–Trinajstić information content (AvgIpc) is 1.98. The fourth-order valence-electron chi connectivity index (χ4n) is 1.00. The molecule has 0 aromatic carbocycles. The van der Waals surface area contributed by atoms with Gasteiger partial charge in [-0.2, -0.15) is 0 Å². The van der Waals surface area contributed by atoms with Crippen molar-refractivity contribution in [3.8, 4) is 0 Å². The number of rotatable bonds is 3. The van der Waals surface area contributed by atoms with E-state index >= 15 is 0 Å². The minimum atomic E-state index is -0.0126. The van der Waals surface area contributed by atoms with E-state index in [-0.39, 0.29) is 17.9 Å². The Balaban J connectivity index is 2.26. The van der Waals surface area contributed by atoms with Crippen molar-refractivity contribution in [2.75, 3.05) is 6.54 Å². The third-order valence-electron chi connectivity index (χ3n) is 1.75. The molecule has 0 aliphatic carbocycles. The standard InChI is InChI=1S/C6H9BN2O2/c1-4-5(6(10)9-4)2-8-3-11-7/h3-5H,2H2,1H3,(H,9,10)/t4-,5+/m0/s1. The van der Waals surface area contributed by atoms with Crippen molar-refractivity contribution < 1.29 is 9.45 Å². The molecule has 0 saturated carbocycles. The minimum absolute atomic E-state index is 0.0126. The SMILES string of the molecule is [B]OC=NC[C@H]1C(=O)N[C@H]1C. The second-order valence-corrected chi connectivity index (χ2v) is 2.51. The van der Waals surface area contributed by atoms with Gasteiger partial charge in [0, 0.05) is 6.04 Å². The Morgan fingerprint density at radius 2 is 2.64 bits per heavy atom. The molecular weight excluding hydrogens is 143 g/mol. The summed E-state index contributed by atoms with van der Waals surface area (Å²) in [4.78, 5) is 14.6. The van der Waals surface area contributed by atoms with Crippen LogP contribution in [-0.2, 0) is 9.45 Å². The lowest BCUT2D eigenvalue weighted by Crippen LogP contribution is -2.57. The number of aliphatic imine (C=N–C) groups is 1. The van der Waals surface area contributed by atoms with Crippen LogP contribution in [0.1, 0.15) is 6.92 Å². The van der Waals surface area contributed by atoms with E-state index in [1.807, 2.05) is 6.92 Å². The summed E-state index contributed by atoms with van der Waals surface area (Å²) in [7, 11) is 4.69. The maximum Gasteiger partial charge on any atom is 0.375 e. The molecule has 1 aliphatic rings. The lowest BCUT2D eigenvalue weighted by atomic mass is 9.92. The third kappa shape index (κ3) is 1.72. The summed E-state index contributed by atoms with van der Waals surface area (Å²) in [5.41, 5.74) is 0. The third-order valence-corrected chi connectivity index (χ3v) is 1.75. The van der Waals surface area contributed by atoms with Crippen molar-refractivity contribution in [3.63, 3.8) is 0 Å². The first-order valence-corrected chi connectivity index (χ1v) is 3.40. The molecule has 58 valence electrons. The van der Waals surface area contributed by atoms with Crippen LogP contribution < -0.4 is 5.32 Å². The Kier molecular flexibility index (Phi) is 2.51. The molecule has 0 unspecified atom stereocenters. The summed E-state index contributed by atoms with van der Waals surface area (Å²) in [6.45, 7) is 2.38. The molecule has 0 bridgehead atoms. The van der Waals surface area contributed by atoms with E-state index in [1.54, 1.807) is 0 Å². The first-order chi connectivity index (χ1) is 5.25. The van der Waals surface area contributed by atoms with Gasteiger partial charge in [-0.25, -0.2) is 0 Å². The highest BCUT2D eigenvalue weighted by Crippen LogP contribution is 2.13. The Labute approximate surface area is 66.5 Å². The van der Waals surface area contributed by atoms with Crippen molar-refractivity contribution in [2.45, 2.75) is 13.0 Å². The van der Waals surface area contributed by atoms with Crippen molar-refractivity contribution >= 4 is 20.4 Å².